The molecule has 0 amide bonds. The number of ether oxygens (including phenoxy) is 1. The first-order chi connectivity index (χ1) is 11.8. The van der Waals surface area contributed by atoms with Crippen LogP contribution >= 0.6 is 0 Å². The third-order valence-corrected chi connectivity index (χ3v) is 4.01. The van der Waals surface area contributed by atoms with Gasteiger partial charge in [-0.15, -0.1) is 0 Å². The number of hydrogen-bond donors (Lipinski definition) is 2. The number of rotatable bonds is 6. The lowest BCUT2D eigenvalue weighted by molar-refractivity contribution is 0.210. The maximum atomic E-state index is 6.25. The van der Waals surface area contributed by atoms with Gasteiger partial charge in [0.2, 0.25) is 0 Å². The minimum Gasteiger partial charge on any atom is -0.393 e. The molecule has 0 spiro atoms. The molecule has 128 valence electrons. The summed E-state index contributed by atoms with van der Waals surface area (Å²) < 4.78 is 5.04. The van der Waals surface area contributed by atoms with Crippen molar-refractivity contribution in [3.05, 3.63) is 30.7 Å². The third-order valence-electron chi connectivity index (χ3n) is 4.01. The van der Waals surface area contributed by atoms with Crippen LogP contribution in [0.4, 0.5) is 23.1 Å². The minimum absolute atomic E-state index is 0.583. The normalized spacial score (nSPS) is 14.7. The molecule has 1 saturated heterocycles. The molecule has 1 fully saturated rings. The monoisotopic (exact) mass is 329 g/mol. The van der Waals surface area contributed by atoms with Gasteiger partial charge in [0.05, 0.1) is 6.61 Å². The number of nitrogens with one attached hydrogen (secondary N) is 1. The summed E-state index contributed by atoms with van der Waals surface area (Å²) in [6.45, 7) is 4.70. The number of methoxy groups -OCH3 is 1. The van der Waals surface area contributed by atoms with Crippen LogP contribution in [0, 0.1) is 0 Å². The van der Waals surface area contributed by atoms with E-state index in [1.807, 2.05) is 24.4 Å². The summed E-state index contributed by atoms with van der Waals surface area (Å²) in [6.07, 6.45) is 3.37. The molecular weight excluding hydrogens is 306 g/mol. The number of hydrogen-bond acceptors (Lipinski definition) is 8. The lowest BCUT2D eigenvalue weighted by Crippen LogP contribution is -2.47. The maximum Gasteiger partial charge on any atom is 0.157 e. The molecule has 0 aliphatic carbocycles. The molecule has 8 heteroatoms. The smallest absolute Gasteiger partial charge is 0.157 e. The van der Waals surface area contributed by atoms with E-state index in [0.29, 0.717) is 24.7 Å². The quantitative estimate of drug-likeness (QED) is 0.753. The van der Waals surface area contributed by atoms with Gasteiger partial charge in [-0.2, -0.15) is 0 Å². The van der Waals surface area contributed by atoms with Crippen LogP contribution in [0.2, 0.25) is 0 Å². The number of nitrogens with two attached hydrogens (primary N) is 1. The second kappa shape index (κ2) is 7.78. The Morgan fingerprint density at radius 3 is 2.62 bits per heavy atom. The molecule has 0 radical (unpaired) electrons. The van der Waals surface area contributed by atoms with Gasteiger partial charge >= 0.3 is 0 Å². The van der Waals surface area contributed by atoms with Gasteiger partial charge in [0.15, 0.2) is 11.6 Å². The van der Waals surface area contributed by atoms with Crippen LogP contribution in [-0.4, -0.2) is 61.4 Å². The maximum absolute atomic E-state index is 6.25. The minimum atomic E-state index is 0.583. The predicted molar refractivity (Wildman–Crippen MR) is 95.5 cm³/mol. The number of piperazine rings is 1. The number of pyridine rings is 1. The van der Waals surface area contributed by atoms with Crippen LogP contribution in [0.3, 0.4) is 0 Å². The zero-order valence-corrected chi connectivity index (χ0v) is 13.9. The highest BCUT2D eigenvalue weighted by molar-refractivity contribution is 5.75. The van der Waals surface area contributed by atoms with E-state index in [-0.39, 0.29) is 0 Å². The Balaban J connectivity index is 1.65. The molecule has 2 aromatic heterocycles. The van der Waals surface area contributed by atoms with Crippen molar-refractivity contribution in [2.45, 2.75) is 0 Å². The number of nitrogen functional groups attached to an aromatic ring is 1. The van der Waals surface area contributed by atoms with E-state index in [0.717, 1.165) is 37.8 Å². The molecule has 1 aliphatic rings. The molecular formula is C16H23N7O. The molecule has 8 nitrogen and oxygen atoms in total. The van der Waals surface area contributed by atoms with Crippen molar-refractivity contribution in [3.63, 3.8) is 0 Å². The summed E-state index contributed by atoms with van der Waals surface area (Å²) in [7, 11) is 1.66. The van der Waals surface area contributed by atoms with Crippen molar-refractivity contribution in [2.75, 3.05) is 67.3 Å². The van der Waals surface area contributed by atoms with Crippen molar-refractivity contribution in [1.82, 2.24) is 15.0 Å². The molecule has 2 aromatic rings. The second-order valence-electron chi connectivity index (χ2n) is 5.54. The van der Waals surface area contributed by atoms with Gasteiger partial charge in [-0.25, -0.2) is 15.0 Å². The number of aromatic nitrogens is 3. The standard InChI is InChI=1S/C16H23N7O/c1-24-11-6-19-15-14(17)16(21-12-20-15)23-9-7-22(8-10-23)13-4-2-3-5-18-13/h2-5,12H,6-11,17H2,1H3,(H,19,20,21). The SMILES string of the molecule is COCCNc1ncnc(N2CCN(c3ccccn3)CC2)c1N. The lowest BCUT2D eigenvalue weighted by Gasteiger charge is -2.36. The van der Waals surface area contributed by atoms with Crippen molar-refractivity contribution in [2.24, 2.45) is 0 Å². The molecule has 3 N–H and O–H groups in total. The fourth-order valence-electron chi connectivity index (χ4n) is 2.74. The van der Waals surface area contributed by atoms with Gasteiger partial charge in [0, 0.05) is 46.0 Å². The van der Waals surface area contributed by atoms with Crippen molar-refractivity contribution >= 4 is 23.1 Å². The van der Waals surface area contributed by atoms with E-state index in [1.54, 1.807) is 13.4 Å². The van der Waals surface area contributed by atoms with Gasteiger partial charge in [-0.1, -0.05) is 6.07 Å². The van der Waals surface area contributed by atoms with Crippen LogP contribution in [0.25, 0.3) is 0 Å². The van der Waals surface area contributed by atoms with Crippen LogP contribution in [0.15, 0.2) is 30.7 Å². The summed E-state index contributed by atoms with van der Waals surface area (Å²) in [6, 6.07) is 5.97. The first kappa shape index (κ1) is 16.3. The highest BCUT2D eigenvalue weighted by Gasteiger charge is 2.21. The first-order valence-electron chi connectivity index (χ1n) is 8.04. The summed E-state index contributed by atoms with van der Waals surface area (Å²) in [4.78, 5) is 17.5. The molecule has 3 rings (SSSR count). The van der Waals surface area contributed by atoms with Crippen molar-refractivity contribution in [3.8, 4) is 0 Å². The average molecular weight is 329 g/mol. The van der Waals surface area contributed by atoms with E-state index in [1.165, 1.54) is 0 Å². The lowest BCUT2D eigenvalue weighted by atomic mass is 10.3. The fourth-order valence-corrected chi connectivity index (χ4v) is 2.74. The molecule has 0 aromatic carbocycles. The molecule has 3 heterocycles. The Hall–Kier alpha value is -2.61. The second-order valence-corrected chi connectivity index (χ2v) is 5.54. The summed E-state index contributed by atoms with van der Waals surface area (Å²) in [5, 5.41) is 3.18. The first-order valence-corrected chi connectivity index (χ1v) is 8.04. The summed E-state index contributed by atoms with van der Waals surface area (Å²) in [5.41, 5.74) is 6.83. The fraction of sp³-hybridized carbons (Fsp3) is 0.438. The van der Waals surface area contributed by atoms with E-state index in [4.69, 9.17) is 10.5 Å². The molecule has 24 heavy (non-hydrogen) atoms. The summed E-state index contributed by atoms with van der Waals surface area (Å²) in [5.74, 6) is 2.45. The Labute approximate surface area is 141 Å². The zero-order chi connectivity index (χ0) is 16.8. The van der Waals surface area contributed by atoms with Crippen LogP contribution in [0.5, 0.6) is 0 Å². The zero-order valence-electron chi connectivity index (χ0n) is 13.9. The molecule has 0 saturated carbocycles. The van der Waals surface area contributed by atoms with E-state index < -0.39 is 0 Å². The average Bonchev–Trinajstić information content (AvgIpc) is 2.64. The molecule has 1 aliphatic heterocycles. The van der Waals surface area contributed by atoms with Crippen molar-refractivity contribution in [1.29, 1.82) is 0 Å². The van der Waals surface area contributed by atoms with E-state index in [9.17, 15) is 0 Å². The Morgan fingerprint density at radius 2 is 1.92 bits per heavy atom. The Kier molecular flexibility index (Phi) is 5.27. The predicted octanol–water partition coefficient (Wildman–Crippen LogP) is 0.839. The molecule has 0 unspecified atom stereocenters. The van der Waals surface area contributed by atoms with Gasteiger partial charge in [-0.3, -0.25) is 0 Å². The third kappa shape index (κ3) is 3.65. The van der Waals surface area contributed by atoms with Gasteiger partial charge in [-0.05, 0) is 12.1 Å². The van der Waals surface area contributed by atoms with Gasteiger partial charge in [0.1, 0.15) is 17.8 Å². The molecule has 0 atom stereocenters. The van der Waals surface area contributed by atoms with Crippen LogP contribution in [-0.2, 0) is 4.74 Å². The van der Waals surface area contributed by atoms with Crippen LogP contribution < -0.4 is 20.9 Å². The Morgan fingerprint density at radius 1 is 1.12 bits per heavy atom. The number of anilines is 4. The van der Waals surface area contributed by atoms with E-state index >= 15 is 0 Å². The highest BCUT2D eigenvalue weighted by Crippen LogP contribution is 2.27. The van der Waals surface area contributed by atoms with Gasteiger partial charge in [0.25, 0.3) is 0 Å². The highest BCUT2D eigenvalue weighted by atomic mass is 16.5. The van der Waals surface area contributed by atoms with Gasteiger partial charge < -0.3 is 25.6 Å². The van der Waals surface area contributed by atoms with Crippen LogP contribution in [0.1, 0.15) is 0 Å². The molecule has 0 bridgehead atoms. The summed E-state index contributed by atoms with van der Waals surface area (Å²) >= 11 is 0. The Bertz CT molecular complexity index is 644. The topological polar surface area (TPSA) is 92.4 Å². The largest absolute Gasteiger partial charge is 0.393 e. The van der Waals surface area contributed by atoms with E-state index in [2.05, 4.69) is 30.1 Å². The number of nitrogens with zero attached hydrogens (tertiary/aromatic N) is 5. The van der Waals surface area contributed by atoms with Crippen molar-refractivity contribution < 1.29 is 4.74 Å².